The number of nitrogens with one attached hydrogen (secondary N) is 2. The topological polar surface area (TPSA) is 109 Å². The highest BCUT2D eigenvalue weighted by Gasteiger charge is 2.26. The van der Waals surface area contributed by atoms with Crippen LogP contribution in [0.25, 0.3) is 10.3 Å². The molecule has 2 N–H and O–H groups in total. The lowest BCUT2D eigenvalue weighted by molar-refractivity contribution is -0.125. The zero-order valence-corrected chi connectivity index (χ0v) is 19.0. The zero-order chi connectivity index (χ0) is 23.4. The number of hydrogen-bond acceptors (Lipinski definition) is 7. The summed E-state index contributed by atoms with van der Waals surface area (Å²) in [7, 11) is 0. The highest BCUT2D eigenvalue weighted by molar-refractivity contribution is 7.22. The number of carbonyl (C=O) groups excluding carboxylic acids is 2. The number of hydrogen-bond donors (Lipinski definition) is 2. The second kappa shape index (κ2) is 10.1. The molecule has 3 heterocycles. The van der Waals surface area contributed by atoms with Crippen LogP contribution in [0.15, 0.2) is 35.4 Å². The van der Waals surface area contributed by atoms with Gasteiger partial charge in [-0.05, 0) is 43.5 Å². The van der Waals surface area contributed by atoms with Crippen molar-refractivity contribution in [3.63, 3.8) is 0 Å². The van der Waals surface area contributed by atoms with Crippen LogP contribution in [0.3, 0.4) is 0 Å². The lowest BCUT2D eigenvalue weighted by Gasteiger charge is -2.30. The van der Waals surface area contributed by atoms with E-state index >= 15 is 0 Å². The average Bonchev–Trinajstić information content (AvgIpc) is 3.26. The molecule has 0 bridgehead atoms. The minimum atomic E-state index is -0.419. The number of benzene rings is 1. The second-order valence-corrected chi connectivity index (χ2v) is 8.91. The molecule has 174 valence electrons. The van der Waals surface area contributed by atoms with Gasteiger partial charge in [-0.25, -0.2) is 9.37 Å². The van der Waals surface area contributed by atoms with Gasteiger partial charge in [-0.15, -0.1) is 0 Å². The fourth-order valence-electron chi connectivity index (χ4n) is 3.70. The molecular formula is C22H25FN6O3S. The minimum absolute atomic E-state index is 0.00264. The molecule has 2 aromatic heterocycles. The van der Waals surface area contributed by atoms with Gasteiger partial charge in [0.1, 0.15) is 23.4 Å². The maximum atomic E-state index is 13.0. The SMILES string of the molecule is CCCNC(=O)C1CCN(c2nc3ncn(CC(=O)Nc4ccc(F)cc4)c(=O)c3s2)CC1. The number of rotatable bonds is 7. The first-order chi connectivity index (χ1) is 15.9. The minimum Gasteiger partial charge on any atom is -0.356 e. The third kappa shape index (κ3) is 5.36. The van der Waals surface area contributed by atoms with E-state index in [1.807, 2.05) is 6.92 Å². The van der Waals surface area contributed by atoms with Gasteiger partial charge in [-0.3, -0.25) is 19.0 Å². The lowest BCUT2D eigenvalue weighted by atomic mass is 9.96. The fraction of sp³-hybridized carbons (Fsp3) is 0.409. The number of amides is 2. The molecule has 0 spiro atoms. The largest absolute Gasteiger partial charge is 0.356 e. The van der Waals surface area contributed by atoms with Gasteiger partial charge in [0, 0.05) is 31.2 Å². The summed E-state index contributed by atoms with van der Waals surface area (Å²) >= 11 is 1.25. The predicted octanol–water partition coefficient (Wildman–Crippen LogP) is 2.37. The summed E-state index contributed by atoms with van der Waals surface area (Å²) in [5.74, 6) is -0.719. The highest BCUT2D eigenvalue weighted by atomic mass is 32.1. The molecule has 0 radical (unpaired) electrons. The molecule has 9 nitrogen and oxygen atoms in total. The molecule has 2 amide bonds. The van der Waals surface area contributed by atoms with E-state index in [-0.39, 0.29) is 23.9 Å². The smallest absolute Gasteiger partial charge is 0.273 e. The van der Waals surface area contributed by atoms with Gasteiger partial charge in [-0.1, -0.05) is 18.3 Å². The molecule has 0 unspecified atom stereocenters. The summed E-state index contributed by atoms with van der Waals surface area (Å²) in [5.41, 5.74) is 0.445. The normalized spacial score (nSPS) is 14.4. The van der Waals surface area contributed by atoms with E-state index in [4.69, 9.17) is 0 Å². The number of nitrogens with zero attached hydrogens (tertiary/aromatic N) is 4. The molecule has 0 atom stereocenters. The Labute approximate surface area is 193 Å². The summed E-state index contributed by atoms with van der Waals surface area (Å²) in [5, 5.41) is 6.27. The fourth-order valence-corrected chi connectivity index (χ4v) is 4.72. The number of fused-ring (bicyclic) bond motifs is 1. The van der Waals surface area contributed by atoms with Crippen molar-refractivity contribution in [3.05, 3.63) is 46.8 Å². The number of thiazole rings is 1. The van der Waals surface area contributed by atoms with Gasteiger partial charge in [-0.2, -0.15) is 4.98 Å². The number of anilines is 2. The first kappa shape index (κ1) is 22.8. The van der Waals surface area contributed by atoms with Crippen LogP contribution in [0.5, 0.6) is 0 Å². The Bertz CT molecular complexity index is 1200. The Morgan fingerprint density at radius 1 is 1.21 bits per heavy atom. The molecule has 3 aromatic rings. The van der Waals surface area contributed by atoms with Crippen molar-refractivity contribution < 1.29 is 14.0 Å². The van der Waals surface area contributed by atoms with E-state index in [0.29, 0.717) is 40.8 Å². The molecule has 4 rings (SSSR count). The van der Waals surface area contributed by atoms with Crippen molar-refractivity contribution in [2.45, 2.75) is 32.7 Å². The maximum absolute atomic E-state index is 13.0. The Kier molecular flexibility index (Phi) is 6.97. The highest BCUT2D eigenvalue weighted by Crippen LogP contribution is 2.29. The van der Waals surface area contributed by atoms with E-state index < -0.39 is 11.7 Å². The third-order valence-electron chi connectivity index (χ3n) is 5.50. The van der Waals surface area contributed by atoms with Crippen molar-refractivity contribution in [1.29, 1.82) is 0 Å². The van der Waals surface area contributed by atoms with Gasteiger partial charge in [0.25, 0.3) is 5.56 Å². The number of aromatic nitrogens is 3. The zero-order valence-electron chi connectivity index (χ0n) is 18.2. The first-order valence-electron chi connectivity index (χ1n) is 10.9. The summed E-state index contributed by atoms with van der Waals surface area (Å²) in [4.78, 5) is 48.2. The van der Waals surface area contributed by atoms with Crippen molar-refractivity contribution >= 4 is 44.3 Å². The molecule has 1 aromatic carbocycles. The molecule has 0 aliphatic carbocycles. The number of halogens is 1. The van der Waals surface area contributed by atoms with Gasteiger partial charge in [0.2, 0.25) is 11.8 Å². The summed E-state index contributed by atoms with van der Waals surface area (Å²) in [6.07, 6.45) is 3.68. The molecular weight excluding hydrogens is 447 g/mol. The van der Waals surface area contributed by atoms with Gasteiger partial charge in [0.15, 0.2) is 10.8 Å². The van der Waals surface area contributed by atoms with E-state index in [1.165, 1.54) is 46.5 Å². The van der Waals surface area contributed by atoms with Crippen LogP contribution in [0.1, 0.15) is 26.2 Å². The molecule has 11 heteroatoms. The Hall–Kier alpha value is -3.34. The van der Waals surface area contributed by atoms with Crippen LogP contribution < -0.4 is 21.1 Å². The second-order valence-electron chi connectivity index (χ2n) is 7.93. The molecule has 1 aliphatic rings. The first-order valence-corrected chi connectivity index (χ1v) is 11.7. The van der Waals surface area contributed by atoms with Gasteiger partial charge in [0.05, 0.1) is 0 Å². The van der Waals surface area contributed by atoms with Gasteiger partial charge >= 0.3 is 0 Å². The Morgan fingerprint density at radius 2 is 1.94 bits per heavy atom. The predicted molar refractivity (Wildman–Crippen MR) is 125 cm³/mol. The standard InChI is InChI=1S/C22H25FN6O3S/c1-2-9-24-20(31)14-7-10-28(11-8-14)22-27-19-18(33-22)21(32)29(13-25-19)12-17(30)26-16-5-3-15(23)4-6-16/h3-6,13-14H,2,7-12H2,1H3,(H,24,31)(H,26,30). The number of piperidine rings is 1. The van der Waals surface area contributed by atoms with Crippen LogP contribution in [0.2, 0.25) is 0 Å². The van der Waals surface area contributed by atoms with Crippen LogP contribution in [-0.2, 0) is 16.1 Å². The Balaban J connectivity index is 1.42. The molecule has 33 heavy (non-hydrogen) atoms. The van der Waals surface area contributed by atoms with E-state index in [1.54, 1.807) is 0 Å². The van der Waals surface area contributed by atoms with Crippen molar-refractivity contribution in [2.75, 3.05) is 29.9 Å². The van der Waals surface area contributed by atoms with Crippen LogP contribution in [0.4, 0.5) is 15.2 Å². The van der Waals surface area contributed by atoms with E-state index in [9.17, 15) is 18.8 Å². The molecule has 1 fully saturated rings. The van der Waals surface area contributed by atoms with Gasteiger partial charge < -0.3 is 15.5 Å². The van der Waals surface area contributed by atoms with Crippen molar-refractivity contribution in [3.8, 4) is 0 Å². The van der Waals surface area contributed by atoms with Crippen LogP contribution >= 0.6 is 11.3 Å². The monoisotopic (exact) mass is 472 g/mol. The Morgan fingerprint density at radius 3 is 2.64 bits per heavy atom. The van der Waals surface area contributed by atoms with E-state index in [2.05, 4.69) is 25.5 Å². The maximum Gasteiger partial charge on any atom is 0.273 e. The lowest BCUT2D eigenvalue weighted by Crippen LogP contribution is -2.40. The molecule has 1 aliphatic heterocycles. The summed E-state index contributed by atoms with van der Waals surface area (Å²) < 4.78 is 14.6. The quantitative estimate of drug-likeness (QED) is 0.547. The third-order valence-corrected chi connectivity index (χ3v) is 6.59. The number of carbonyl (C=O) groups is 2. The summed E-state index contributed by atoms with van der Waals surface area (Å²) in [6.45, 7) is 3.86. The van der Waals surface area contributed by atoms with Crippen molar-refractivity contribution in [1.82, 2.24) is 19.9 Å². The molecule has 1 saturated heterocycles. The summed E-state index contributed by atoms with van der Waals surface area (Å²) in [6, 6.07) is 5.39. The van der Waals surface area contributed by atoms with E-state index in [0.717, 1.165) is 19.3 Å². The molecule has 0 saturated carbocycles. The average molecular weight is 473 g/mol. The van der Waals surface area contributed by atoms with Crippen LogP contribution in [-0.4, -0.2) is 46.0 Å². The van der Waals surface area contributed by atoms with Crippen molar-refractivity contribution in [2.24, 2.45) is 5.92 Å². The van der Waals surface area contributed by atoms with Crippen LogP contribution in [0, 0.1) is 11.7 Å².